The van der Waals surface area contributed by atoms with Crippen LogP contribution in [-0.4, -0.2) is 30.4 Å². The van der Waals surface area contributed by atoms with Gasteiger partial charge in [-0.1, -0.05) is 0 Å². The van der Waals surface area contributed by atoms with E-state index in [9.17, 15) is 28.5 Å². The number of halogens is 3. The van der Waals surface area contributed by atoms with Gasteiger partial charge >= 0.3 is 11.7 Å². The van der Waals surface area contributed by atoms with Gasteiger partial charge < -0.3 is 9.47 Å². The predicted molar refractivity (Wildman–Crippen MR) is 72.8 cm³/mol. The molecule has 10 heteroatoms. The lowest BCUT2D eigenvalue weighted by atomic mass is 10.0. The molecule has 0 aliphatic heterocycles. The Kier molecular flexibility index (Phi) is 5.92. The average Bonchev–Trinajstić information content (AvgIpc) is 2.42. The number of rotatable bonds is 6. The van der Waals surface area contributed by atoms with Gasteiger partial charge in [-0.15, -0.1) is 0 Å². The lowest BCUT2D eigenvalue weighted by molar-refractivity contribution is -0.388. The number of ether oxygens (including phenoxy) is 2. The lowest BCUT2D eigenvalue weighted by Crippen LogP contribution is -2.16. The Balaban J connectivity index is 3.51. The third kappa shape index (κ3) is 3.38. The molecule has 0 saturated carbocycles. The summed E-state index contributed by atoms with van der Waals surface area (Å²) in [4.78, 5) is 32.9. The molecule has 0 spiro atoms. The molecule has 0 fully saturated rings. The molecule has 0 atom stereocenters. The minimum Gasteiger partial charge on any atom is -0.492 e. The van der Waals surface area contributed by atoms with Gasteiger partial charge in [0.1, 0.15) is 16.5 Å². The number of ketones is 1. The van der Waals surface area contributed by atoms with Crippen molar-refractivity contribution in [2.24, 2.45) is 0 Å². The zero-order chi connectivity index (χ0) is 17.0. The number of Topliss-reactive ketones (excluding diaryl/α,β-unsaturated/α-hetero) is 1. The van der Waals surface area contributed by atoms with E-state index in [1.165, 1.54) is 6.92 Å². The molecule has 0 heterocycles. The highest BCUT2D eigenvalue weighted by molar-refractivity contribution is 9.10. The lowest BCUT2D eigenvalue weighted by Gasteiger charge is -2.11. The standard InChI is InChI=1S/C12H10BrF2NO6/c1-3-22-6(18)4-5(17)7-9(14)12(21-2)8(13)10(15)11(7)16(19)20/h3-4H2,1-2H3. The third-order valence-corrected chi connectivity index (χ3v) is 3.24. The van der Waals surface area contributed by atoms with Crippen molar-refractivity contribution >= 4 is 33.4 Å². The first-order chi connectivity index (χ1) is 10.3. The quantitative estimate of drug-likeness (QED) is 0.188. The molecule has 0 radical (unpaired) electrons. The van der Waals surface area contributed by atoms with E-state index in [-0.39, 0.29) is 6.61 Å². The molecule has 0 unspecified atom stereocenters. The summed E-state index contributed by atoms with van der Waals surface area (Å²) in [5, 5.41) is 10.9. The first-order valence-electron chi connectivity index (χ1n) is 5.83. The van der Waals surface area contributed by atoms with Gasteiger partial charge in [0, 0.05) is 0 Å². The van der Waals surface area contributed by atoms with Gasteiger partial charge in [-0.25, -0.2) is 4.39 Å². The van der Waals surface area contributed by atoms with Crippen LogP contribution in [0.4, 0.5) is 14.5 Å². The highest BCUT2D eigenvalue weighted by Gasteiger charge is 2.36. The number of carbonyl (C=O) groups excluding carboxylic acids is 2. The summed E-state index contributed by atoms with van der Waals surface area (Å²) in [5.41, 5.74) is -2.55. The van der Waals surface area contributed by atoms with Crippen LogP contribution in [0.5, 0.6) is 5.75 Å². The summed E-state index contributed by atoms with van der Waals surface area (Å²) in [6.07, 6.45) is -0.962. The Bertz CT molecular complexity index is 649. The number of nitro groups is 1. The fourth-order valence-corrected chi connectivity index (χ4v) is 2.19. The second-order valence-electron chi connectivity index (χ2n) is 3.86. The summed E-state index contributed by atoms with van der Waals surface area (Å²) in [7, 11) is 0.994. The molecule has 22 heavy (non-hydrogen) atoms. The van der Waals surface area contributed by atoms with Gasteiger partial charge in [0.05, 0.1) is 18.6 Å². The Hall–Kier alpha value is -2.10. The van der Waals surface area contributed by atoms with Crippen LogP contribution in [0, 0.1) is 21.7 Å². The molecule has 0 aliphatic carbocycles. The fourth-order valence-electron chi connectivity index (χ4n) is 1.66. The van der Waals surface area contributed by atoms with E-state index in [0.717, 1.165) is 7.11 Å². The molecular formula is C12H10BrF2NO6. The third-order valence-electron chi connectivity index (χ3n) is 2.53. The summed E-state index contributed by atoms with van der Waals surface area (Å²) >= 11 is 2.62. The second-order valence-corrected chi connectivity index (χ2v) is 4.65. The Morgan fingerprint density at radius 2 is 1.91 bits per heavy atom. The summed E-state index contributed by atoms with van der Waals surface area (Å²) < 4.78 is 36.7. The van der Waals surface area contributed by atoms with Crippen molar-refractivity contribution in [1.82, 2.24) is 0 Å². The van der Waals surface area contributed by atoms with Gasteiger partial charge in [-0.05, 0) is 22.9 Å². The highest BCUT2D eigenvalue weighted by atomic mass is 79.9. The van der Waals surface area contributed by atoms with E-state index in [2.05, 4.69) is 25.4 Å². The van der Waals surface area contributed by atoms with E-state index in [1.54, 1.807) is 0 Å². The monoisotopic (exact) mass is 381 g/mol. The molecular weight excluding hydrogens is 372 g/mol. The minimum absolute atomic E-state index is 0.0330. The molecule has 1 rings (SSSR count). The predicted octanol–water partition coefficient (Wildman–Crippen LogP) is 2.78. The number of hydrogen-bond donors (Lipinski definition) is 0. The van der Waals surface area contributed by atoms with Gasteiger partial charge in [-0.2, -0.15) is 4.39 Å². The van der Waals surface area contributed by atoms with Crippen LogP contribution in [0.2, 0.25) is 0 Å². The molecule has 120 valence electrons. The second kappa shape index (κ2) is 7.25. The van der Waals surface area contributed by atoms with Crippen LogP contribution in [0.3, 0.4) is 0 Å². The van der Waals surface area contributed by atoms with Crippen molar-refractivity contribution in [3.63, 3.8) is 0 Å². The van der Waals surface area contributed by atoms with Gasteiger partial charge in [0.15, 0.2) is 17.3 Å². The first kappa shape index (κ1) is 18.0. The highest BCUT2D eigenvalue weighted by Crippen LogP contribution is 2.40. The normalized spacial score (nSPS) is 10.2. The molecule has 0 bridgehead atoms. The van der Waals surface area contributed by atoms with Crippen molar-refractivity contribution in [2.45, 2.75) is 13.3 Å². The number of benzene rings is 1. The molecule has 0 amide bonds. The van der Waals surface area contributed by atoms with E-state index in [0.29, 0.717) is 0 Å². The van der Waals surface area contributed by atoms with Gasteiger partial charge in [0.2, 0.25) is 5.82 Å². The smallest absolute Gasteiger partial charge is 0.320 e. The fraction of sp³-hybridized carbons (Fsp3) is 0.333. The van der Waals surface area contributed by atoms with Crippen molar-refractivity contribution in [3.8, 4) is 5.75 Å². The molecule has 0 aromatic heterocycles. The molecule has 1 aromatic rings. The summed E-state index contributed by atoms with van der Waals surface area (Å²) in [6, 6.07) is 0. The van der Waals surface area contributed by atoms with Crippen LogP contribution in [0.25, 0.3) is 0 Å². The molecule has 7 nitrogen and oxygen atoms in total. The number of carbonyl (C=O) groups is 2. The zero-order valence-corrected chi connectivity index (χ0v) is 13.0. The zero-order valence-electron chi connectivity index (χ0n) is 11.4. The molecule has 1 aromatic carbocycles. The number of nitrogens with zero attached hydrogens (tertiary/aromatic N) is 1. The Morgan fingerprint density at radius 3 is 2.36 bits per heavy atom. The van der Waals surface area contributed by atoms with Crippen LogP contribution < -0.4 is 4.74 Å². The van der Waals surface area contributed by atoms with Crippen LogP contribution in [0.1, 0.15) is 23.7 Å². The number of nitro benzene ring substituents is 1. The molecule has 0 saturated heterocycles. The van der Waals surface area contributed by atoms with Crippen molar-refractivity contribution in [1.29, 1.82) is 0 Å². The summed E-state index contributed by atoms with van der Waals surface area (Å²) in [5.74, 6) is -5.92. The van der Waals surface area contributed by atoms with Crippen LogP contribution in [0.15, 0.2) is 4.47 Å². The maximum Gasteiger partial charge on any atom is 0.320 e. The number of methoxy groups -OCH3 is 1. The number of hydrogen-bond acceptors (Lipinski definition) is 6. The topological polar surface area (TPSA) is 95.7 Å². The minimum atomic E-state index is -1.48. The van der Waals surface area contributed by atoms with Gasteiger partial charge in [0.25, 0.3) is 0 Å². The molecule has 0 aliphatic rings. The number of esters is 1. The molecule has 0 N–H and O–H groups in total. The van der Waals surface area contributed by atoms with Crippen LogP contribution in [-0.2, 0) is 9.53 Å². The summed E-state index contributed by atoms with van der Waals surface area (Å²) in [6.45, 7) is 1.45. The van der Waals surface area contributed by atoms with Gasteiger partial charge in [-0.3, -0.25) is 19.7 Å². The maximum atomic E-state index is 14.2. The maximum absolute atomic E-state index is 14.2. The Morgan fingerprint density at radius 1 is 1.32 bits per heavy atom. The van der Waals surface area contributed by atoms with Crippen molar-refractivity contribution < 1.29 is 32.8 Å². The van der Waals surface area contributed by atoms with E-state index in [1.807, 2.05) is 0 Å². The van der Waals surface area contributed by atoms with E-state index >= 15 is 0 Å². The Labute approximate surface area is 131 Å². The van der Waals surface area contributed by atoms with Crippen molar-refractivity contribution in [2.75, 3.05) is 13.7 Å². The first-order valence-corrected chi connectivity index (χ1v) is 6.63. The SMILES string of the molecule is CCOC(=O)CC(=O)c1c(F)c(OC)c(Br)c(F)c1[N+](=O)[O-]. The van der Waals surface area contributed by atoms with E-state index in [4.69, 9.17) is 0 Å². The average molecular weight is 382 g/mol. The van der Waals surface area contributed by atoms with Crippen molar-refractivity contribution in [3.05, 3.63) is 31.8 Å². The largest absolute Gasteiger partial charge is 0.492 e. The van der Waals surface area contributed by atoms with Crippen LogP contribution >= 0.6 is 15.9 Å². The van der Waals surface area contributed by atoms with E-state index < -0.39 is 56.2 Å².